The molecule has 0 unspecified atom stereocenters. The van der Waals surface area contributed by atoms with Crippen LogP contribution in [0, 0.1) is 15.4 Å². The van der Waals surface area contributed by atoms with E-state index in [0.29, 0.717) is 6.61 Å². The Morgan fingerprint density at radius 2 is 1.68 bits per heavy atom. The summed E-state index contributed by atoms with van der Waals surface area (Å²) in [6, 6.07) is 18.1. The first-order valence-corrected chi connectivity index (χ1v) is 7.35. The predicted octanol–water partition coefficient (Wildman–Crippen LogP) is 4.50. The van der Waals surface area contributed by atoms with Crippen LogP contribution < -0.4 is 4.74 Å². The van der Waals surface area contributed by atoms with Gasteiger partial charge >= 0.3 is 0 Å². The molecule has 0 fully saturated rings. The smallest absolute Gasteiger partial charge is 0.119 e. The topological polar surface area (TPSA) is 9.23 Å². The van der Waals surface area contributed by atoms with E-state index in [2.05, 4.69) is 34.4 Å². The molecule has 0 amide bonds. The molecule has 0 aliphatic heterocycles. The molecule has 19 heavy (non-hydrogen) atoms. The summed E-state index contributed by atoms with van der Waals surface area (Å²) in [7, 11) is 0. The van der Waals surface area contributed by atoms with E-state index in [9.17, 15) is 0 Å². The van der Waals surface area contributed by atoms with Crippen LogP contribution in [0.4, 0.5) is 0 Å². The Bertz CT molecular complexity index is 549. The Morgan fingerprint density at radius 1 is 0.947 bits per heavy atom. The van der Waals surface area contributed by atoms with Crippen LogP contribution in [0.5, 0.6) is 5.75 Å². The summed E-state index contributed by atoms with van der Waals surface area (Å²) in [6.45, 7) is 0.712. The van der Waals surface area contributed by atoms with Crippen molar-refractivity contribution < 1.29 is 4.74 Å². The van der Waals surface area contributed by atoms with Gasteiger partial charge in [-0.2, -0.15) is 0 Å². The van der Waals surface area contributed by atoms with Crippen molar-refractivity contribution in [1.29, 1.82) is 0 Å². The van der Waals surface area contributed by atoms with Crippen LogP contribution in [0.15, 0.2) is 54.6 Å². The van der Waals surface area contributed by atoms with Gasteiger partial charge in [-0.25, -0.2) is 0 Å². The van der Waals surface area contributed by atoms with Crippen LogP contribution in [0.2, 0.25) is 0 Å². The van der Waals surface area contributed by atoms with E-state index in [0.717, 1.165) is 24.2 Å². The van der Waals surface area contributed by atoms with Gasteiger partial charge in [-0.05, 0) is 65.4 Å². The van der Waals surface area contributed by atoms with Crippen molar-refractivity contribution in [2.75, 3.05) is 6.61 Å². The molecule has 1 nitrogen and oxygen atoms in total. The molecular formula is C17H15IO. The molecule has 0 bridgehead atoms. The zero-order valence-electron chi connectivity index (χ0n) is 10.6. The van der Waals surface area contributed by atoms with Crippen molar-refractivity contribution in [2.45, 2.75) is 12.8 Å². The zero-order valence-corrected chi connectivity index (χ0v) is 12.8. The van der Waals surface area contributed by atoms with Crippen LogP contribution in [0.25, 0.3) is 0 Å². The highest BCUT2D eigenvalue weighted by Crippen LogP contribution is 2.13. The molecule has 0 spiro atoms. The minimum absolute atomic E-state index is 0.712. The number of hydrogen-bond donors (Lipinski definition) is 0. The molecular weight excluding hydrogens is 347 g/mol. The highest BCUT2D eigenvalue weighted by Gasteiger charge is 1.92. The van der Waals surface area contributed by atoms with Crippen molar-refractivity contribution in [3.63, 3.8) is 0 Å². The molecule has 0 atom stereocenters. The minimum atomic E-state index is 0.712. The standard InChI is InChI=1S/C17H15IO/c18-16-10-12-17(13-11-16)19-14-6-2-5-9-15-7-3-1-4-8-15/h1,3-4,7-8,10-13H,2,6,14H2. The van der Waals surface area contributed by atoms with E-state index in [-0.39, 0.29) is 0 Å². The summed E-state index contributed by atoms with van der Waals surface area (Å²) in [5.74, 6) is 7.24. The molecule has 2 heteroatoms. The molecule has 0 saturated carbocycles. The van der Waals surface area contributed by atoms with E-state index in [4.69, 9.17) is 4.74 Å². The average molecular weight is 362 g/mol. The molecule has 0 aromatic heterocycles. The first-order chi connectivity index (χ1) is 9.34. The van der Waals surface area contributed by atoms with E-state index < -0.39 is 0 Å². The Hall–Kier alpha value is -1.47. The quantitative estimate of drug-likeness (QED) is 0.442. The molecule has 0 heterocycles. The van der Waals surface area contributed by atoms with E-state index in [1.54, 1.807) is 0 Å². The van der Waals surface area contributed by atoms with Crippen LogP contribution in [0.1, 0.15) is 18.4 Å². The maximum absolute atomic E-state index is 5.64. The maximum Gasteiger partial charge on any atom is 0.119 e. The third-order valence-electron chi connectivity index (χ3n) is 2.53. The highest BCUT2D eigenvalue weighted by molar-refractivity contribution is 14.1. The molecule has 0 aliphatic carbocycles. The van der Waals surface area contributed by atoms with Crippen LogP contribution in [-0.4, -0.2) is 6.61 Å². The van der Waals surface area contributed by atoms with Crippen LogP contribution in [-0.2, 0) is 0 Å². The second kappa shape index (κ2) is 7.85. The number of rotatable bonds is 4. The van der Waals surface area contributed by atoms with Crippen molar-refractivity contribution in [3.8, 4) is 17.6 Å². The summed E-state index contributed by atoms with van der Waals surface area (Å²) in [5, 5.41) is 0. The molecule has 2 aromatic carbocycles. The molecule has 0 aliphatic rings. The van der Waals surface area contributed by atoms with E-state index >= 15 is 0 Å². The fourth-order valence-electron chi connectivity index (χ4n) is 1.57. The van der Waals surface area contributed by atoms with Gasteiger partial charge in [0.1, 0.15) is 5.75 Å². The molecule has 96 valence electrons. The van der Waals surface area contributed by atoms with E-state index in [1.807, 2.05) is 54.6 Å². The summed E-state index contributed by atoms with van der Waals surface area (Å²) < 4.78 is 6.86. The van der Waals surface area contributed by atoms with Crippen LogP contribution >= 0.6 is 22.6 Å². The van der Waals surface area contributed by atoms with Gasteiger partial charge < -0.3 is 4.74 Å². The van der Waals surface area contributed by atoms with Crippen molar-refractivity contribution in [1.82, 2.24) is 0 Å². The number of unbranched alkanes of at least 4 members (excludes halogenated alkanes) is 1. The fourth-order valence-corrected chi connectivity index (χ4v) is 1.93. The van der Waals surface area contributed by atoms with Gasteiger partial charge in [-0.1, -0.05) is 30.0 Å². The number of halogens is 1. The van der Waals surface area contributed by atoms with Gasteiger partial charge in [-0.15, -0.1) is 0 Å². The van der Waals surface area contributed by atoms with Gasteiger partial charge in [0, 0.05) is 15.6 Å². The van der Waals surface area contributed by atoms with Crippen molar-refractivity contribution in [2.24, 2.45) is 0 Å². The lowest BCUT2D eigenvalue weighted by Gasteiger charge is -2.04. The van der Waals surface area contributed by atoms with Crippen LogP contribution in [0.3, 0.4) is 0 Å². The summed E-state index contributed by atoms with van der Waals surface area (Å²) in [5.41, 5.74) is 1.07. The van der Waals surface area contributed by atoms with Gasteiger partial charge in [0.25, 0.3) is 0 Å². The molecule has 0 saturated heterocycles. The average Bonchev–Trinajstić information content (AvgIpc) is 2.46. The Morgan fingerprint density at radius 3 is 2.42 bits per heavy atom. The normalized spacial score (nSPS) is 9.53. The van der Waals surface area contributed by atoms with Gasteiger partial charge in [-0.3, -0.25) is 0 Å². The fraction of sp³-hybridized carbons (Fsp3) is 0.176. The van der Waals surface area contributed by atoms with Gasteiger partial charge in [0.05, 0.1) is 6.61 Å². The predicted molar refractivity (Wildman–Crippen MR) is 87.2 cm³/mol. The number of benzene rings is 2. The van der Waals surface area contributed by atoms with Crippen molar-refractivity contribution in [3.05, 3.63) is 63.7 Å². The maximum atomic E-state index is 5.64. The number of ether oxygens (including phenoxy) is 1. The largest absolute Gasteiger partial charge is 0.494 e. The SMILES string of the molecule is Ic1ccc(OCCCC#Cc2ccccc2)cc1. The lowest BCUT2D eigenvalue weighted by atomic mass is 10.2. The first-order valence-electron chi connectivity index (χ1n) is 6.27. The molecule has 0 N–H and O–H groups in total. The third-order valence-corrected chi connectivity index (χ3v) is 3.25. The Labute approximate surface area is 128 Å². The summed E-state index contributed by atoms with van der Waals surface area (Å²) >= 11 is 2.28. The minimum Gasteiger partial charge on any atom is -0.494 e. The molecule has 0 radical (unpaired) electrons. The Kier molecular flexibility index (Phi) is 5.77. The van der Waals surface area contributed by atoms with Gasteiger partial charge in [0.2, 0.25) is 0 Å². The number of hydrogen-bond acceptors (Lipinski definition) is 1. The summed E-state index contributed by atoms with van der Waals surface area (Å²) in [4.78, 5) is 0. The lowest BCUT2D eigenvalue weighted by Crippen LogP contribution is -1.96. The first kappa shape index (κ1) is 14.0. The van der Waals surface area contributed by atoms with Gasteiger partial charge in [0.15, 0.2) is 0 Å². The zero-order chi connectivity index (χ0) is 13.3. The second-order valence-corrected chi connectivity index (χ2v) is 5.32. The highest BCUT2D eigenvalue weighted by atomic mass is 127. The lowest BCUT2D eigenvalue weighted by molar-refractivity contribution is 0.313. The van der Waals surface area contributed by atoms with E-state index in [1.165, 1.54) is 3.57 Å². The van der Waals surface area contributed by atoms with Crippen molar-refractivity contribution >= 4 is 22.6 Å². The molecule has 2 rings (SSSR count). The monoisotopic (exact) mass is 362 g/mol. The Balaban J connectivity index is 1.68. The second-order valence-electron chi connectivity index (χ2n) is 4.07. The summed E-state index contributed by atoms with van der Waals surface area (Å²) in [6.07, 6.45) is 1.81. The third kappa shape index (κ3) is 5.35. The molecule has 2 aromatic rings.